The summed E-state index contributed by atoms with van der Waals surface area (Å²) in [6.45, 7) is 1.93. The Bertz CT molecular complexity index is 1400. The minimum atomic E-state index is -1.20. The summed E-state index contributed by atoms with van der Waals surface area (Å²) in [5.41, 5.74) is 4.52. The van der Waals surface area contributed by atoms with E-state index in [0.717, 1.165) is 11.1 Å². The molecule has 0 aliphatic carbocycles. The average molecular weight is 439 g/mol. The second-order valence-electron chi connectivity index (χ2n) is 7.35. The number of amides is 2. The van der Waals surface area contributed by atoms with Crippen LogP contribution in [0, 0.1) is 6.92 Å². The van der Waals surface area contributed by atoms with Gasteiger partial charge in [-0.05, 0) is 36.2 Å². The van der Waals surface area contributed by atoms with Crippen LogP contribution in [0.2, 0.25) is 0 Å². The zero-order valence-corrected chi connectivity index (χ0v) is 17.8. The summed E-state index contributed by atoms with van der Waals surface area (Å²) >= 11 is 0. The van der Waals surface area contributed by atoms with Crippen molar-refractivity contribution in [1.29, 1.82) is 0 Å². The maximum absolute atomic E-state index is 13.1. The molecule has 8 nitrogen and oxygen atoms in total. The highest BCUT2D eigenvalue weighted by molar-refractivity contribution is 5.99. The standard InChI is InChI=1S/C25H21N5O3/c1-16-9-5-6-12-18(16)15-26-29-25(33)22(27-23(31)17-10-3-2-4-11-17)21-19-13-7-8-14-20(19)24(32)30-28-21/h2-15,22H,1H3,(H,27,31)(H,29,33)(H,30,32). The second-order valence-corrected chi connectivity index (χ2v) is 7.35. The summed E-state index contributed by atoms with van der Waals surface area (Å²) < 4.78 is 0. The number of hydrogen-bond donors (Lipinski definition) is 3. The molecule has 0 saturated carbocycles. The molecule has 1 atom stereocenters. The Morgan fingerprint density at radius 1 is 0.939 bits per heavy atom. The molecule has 3 aromatic carbocycles. The number of carbonyl (C=O) groups is 2. The summed E-state index contributed by atoms with van der Waals surface area (Å²) in [5.74, 6) is -1.07. The van der Waals surface area contributed by atoms with Crippen LogP contribution in [-0.2, 0) is 4.79 Å². The molecule has 3 N–H and O–H groups in total. The molecule has 0 saturated heterocycles. The fourth-order valence-electron chi connectivity index (χ4n) is 3.38. The molecular weight excluding hydrogens is 418 g/mol. The zero-order valence-electron chi connectivity index (χ0n) is 17.8. The van der Waals surface area contributed by atoms with Crippen molar-refractivity contribution in [3.63, 3.8) is 0 Å². The van der Waals surface area contributed by atoms with Gasteiger partial charge in [0, 0.05) is 10.9 Å². The first-order valence-corrected chi connectivity index (χ1v) is 10.3. The molecule has 2 amide bonds. The van der Waals surface area contributed by atoms with Crippen molar-refractivity contribution in [3.8, 4) is 0 Å². The van der Waals surface area contributed by atoms with Gasteiger partial charge in [-0.15, -0.1) is 0 Å². The zero-order chi connectivity index (χ0) is 23.2. The van der Waals surface area contributed by atoms with Gasteiger partial charge in [0.2, 0.25) is 0 Å². The lowest BCUT2D eigenvalue weighted by atomic mass is 10.0. The van der Waals surface area contributed by atoms with Crippen LogP contribution in [0.4, 0.5) is 0 Å². The molecule has 4 aromatic rings. The van der Waals surface area contributed by atoms with Gasteiger partial charge in [-0.1, -0.05) is 60.7 Å². The van der Waals surface area contributed by atoms with E-state index < -0.39 is 17.9 Å². The first-order chi connectivity index (χ1) is 16.0. The summed E-state index contributed by atoms with van der Waals surface area (Å²) in [4.78, 5) is 38.2. The fraction of sp³-hybridized carbons (Fsp3) is 0.0800. The summed E-state index contributed by atoms with van der Waals surface area (Å²) in [5, 5.41) is 14.1. The summed E-state index contributed by atoms with van der Waals surface area (Å²) in [6.07, 6.45) is 1.53. The predicted molar refractivity (Wildman–Crippen MR) is 126 cm³/mol. The van der Waals surface area contributed by atoms with Crippen molar-refractivity contribution in [2.75, 3.05) is 0 Å². The third-order valence-electron chi connectivity index (χ3n) is 5.14. The van der Waals surface area contributed by atoms with Crippen molar-refractivity contribution in [1.82, 2.24) is 20.9 Å². The Morgan fingerprint density at radius 2 is 1.61 bits per heavy atom. The highest BCUT2D eigenvalue weighted by Crippen LogP contribution is 2.20. The molecular formula is C25H21N5O3. The Balaban J connectivity index is 1.68. The third-order valence-corrected chi connectivity index (χ3v) is 5.14. The maximum atomic E-state index is 13.1. The number of aromatic amines is 1. The number of nitrogens with zero attached hydrogens (tertiary/aromatic N) is 2. The smallest absolute Gasteiger partial charge is 0.272 e. The lowest BCUT2D eigenvalue weighted by Crippen LogP contribution is -2.40. The Labute approximate surface area is 189 Å². The molecule has 1 heterocycles. The third kappa shape index (κ3) is 4.85. The van der Waals surface area contributed by atoms with Gasteiger partial charge in [-0.2, -0.15) is 10.2 Å². The van der Waals surface area contributed by atoms with E-state index in [4.69, 9.17) is 0 Å². The first-order valence-electron chi connectivity index (χ1n) is 10.3. The number of fused-ring (bicyclic) bond motifs is 1. The van der Waals surface area contributed by atoms with Gasteiger partial charge in [-0.3, -0.25) is 14.4 Å². The average Bonchev–Trinajstić information content (AvgIpc) is 2.85. The minimum Gasteiger partial charge on any atom is -0.335 e. The van der Waals surface area contributed by atoms with Gasteiger partial charge in [0.05, 0.1) is 11.6 Å². The van der Waals surface area contributed by atoms with Gasteiger partial charge in [-0.25, -0.2) is 10.5 Å². The molecule has 1 aromatic heterocycles. The van der Waals surface area contributed by atoms with Gasteiger partial charge < -0.3 is 5.32 Å². The molecule has 164 valence electrons. The van der Waals surface area contributed by atoms with Crippen molar-refractivity contribution in [2.24, 2.45) is 5.10 Å². The number of rotatable bonds is 6. The number of aryl methyl sites for hydroxylation is 1. The van der Waals surface area contributed by atoms with Crippen LogP contribution in [0.15, 0.2) is 88.8 Å². The molecule has 0 bridgehead atoms. The lowest BCUT2D eigenvalue weighted by molar-refractivity contribution is -0.123. The van der Waals surface area contributed by atoms with Crippen LogP contribution >= 0.6 is 0 Å². The number of H-pyrrole nitrogens is 1. The molecule has 0 aliphatic rings. The normalized spacial score (nSPS) is 11.9. The lowest BCUT2D eigenvalue weighted by Gasteiger charge is -2.18. The topological polar surface area (TPSA) is 116 Å². The number of benzene rings is 3. The SMILES string of the molecule is Cc1ccccc1C=NNC(=O)C(NC(=O)c1ccccc1)c1n[nH]c(=O)c2ccccc12. The number of hydrazone groups is 1. The van der Waals surface area contributed by atoms with Crippen molar-refractivity contribution >= 4 is 28.8 Å². The number of aromatic nitrogens is 2. The van der Waals surface area contributed by atoms with Gasteiger partial charge in [0.15, 0.2) is 6.04 Å². The Hall–Kier alpha value is -4.59. The predicted octanol–water partition coefficient (Wildman–Crippen LogP) is 2.85. The van der Waals surface area contributed by atoms with E-state index in [9.17, 15) is 14.4 Å². The van der Waals surface area contributed by atoms with E-state index in [1.165, 1.54) is 6.21 Å². The number of carbonyl (C=O) groups excluding carboxylic acids is 2. The second kappa shape index (κ2) is 9.69. The largest absolute Gasteiger partial charge is 0.335 e. The van der Waals surface area contributed by atoms with E-state index in [0.29, 0.717) is 16.3 Å². The highest BCUT2D eigenvalue weighted by Gasteiger charge is 2.27. The molecule has 0 fully saturated rings. The first kappa shape index (κ1) is 21.6. The fourth-order valence-corrected chi connectivity index (χ4v) is 3.38. The Kier molecular flexibility index (Phi) is 6.36. The van der Waals surface area contributed by atoms with Gasteiger partial charge in [0.1, 0.15) is 5.69 Å². The van der Waals surface area contributed by atoms with Crippen LogP contribution in [0.25, 0.3) is 10.8 Å². The minimum absolute atomic E-state index is 0.207. The van der Waals surface area contributed by atoms with Crippen LogP contribution in [-0.4, -0.2) is 28.2 Å². The van der Waals surface area contributed by atoms with E-state index in [1.807, 2.05) is 31.2 Å². The van der Waals surface area contributed by atoms with Crippen LogP contribution < -0.4 is 16.3 Å². The number of hydrogen-bond acceptors (Lipinski definition) is 5. The van der Waals surface area contributed by atoms with Crippen molar-refractivity contribution < 1.29 is 9.59 Å². The van der Waals surface area contributed by atoms with E-state index in [1.54, 1.807) is 54.6 Å². The molecule has 33 heavy (non-hydrogen) atoms. The molecule has 1 unspecified atom stereocenters. The Morgan fingerprint density at radius 3 is 2.36 bits per heavy atom. The van der Waals surface area contributed by atoms with E-state index >= 15 is 0 Å². The molecule has 8 heteroatoms. The van der Waals surface area contributed by atoms with Gasteiger partial charge in [0.25, 0.3) is 17.4 Å². The van der Waals surface area contributed by atoms with Crippen LogP contribution in [0.3, 0.4) is 0 Å². The van der Waals surface area contributed by atoms with Gasteiger partial charge >= 0.3 is 0 Å². The summed E-state index contributed by atoms with van der Waals surface area (Å²) in [6, 6.07) is 21.7. The van der Waals surface area contributed by atoms with Crippen LogP contribution in [0.5, 0.6) is 0 Å². The van der Waals surface area contributed by atoms with E-state index in [-0.39, 0.29) is 11.3 Å². The molecule has 0 radical (unpaired) electrons. The highest BCUT2D eigenvalue weighted by atomic mass is 16.2. The van der Waals surface area contributed by atoms with Crippen molar-refractivity contribution in [2.45, 2.75) is 13.0 Å². The monoisotopic (exact) mass is 439 g/mol. The van der Waals surface area contributed by atoms with Crippen LogP contribution in [0.1, 0.15) is 33.2 Å². The molecule has 0 spiro atoms. The molecule has 4 rings (SSSR count). The maximum Gasteiger partial charge on any atom is 0.272 e. The van der Waals surface area contributed by atoms with E-state index in [2.05, 4.69) is 26.0 Å². The number of nitrogens with one attached hydrogen (secondary N) is 3. The quantitative estimate of drug-likeness (QED) is 0.316. The van der Waals surface area contributed by atoms with Crippen molar-refractivity contribution in [3.05, 3.63) is 112 Å². The summed E-state index contributed by atoms with van der Waals surface area (Å²) in [7, 11) is 0. The molecule has 0 aliphatic heterocycles.